The highest BCUT2D eigenvalue weighted by Gasteiger charge is 2.13. The normalized spacial score (nSPS) is 12.9. The van der Waals surface area contributed by atoms with Crippen LogP contribution in [-0.4, -0.2) is 33.7 Å². The maximum absolute atomic E-state index is 12.7. The van der Waals surface area contributed by atoms with Crippen LogP contribution in [0, 0.1) is 0 Å². The molecule has 0 heterocycles. The van der Waals surface area contributed by atoms with Crippen molar-refractivity contribution < 1.29 is 38.9 Å². The van der Waals surface area contributed by atoms with Crippen LogP contribution >= 0.6 is 0 Å². The number of para-hydroxylation sites is 2. The molecule has 0 bridgehead atoms. The predicted octanol–water partition coefficient (Wildman–Crippen LogP) is 16.1. The summed E-state index contributed by atoms with van der Waals surface area (Å²) >= 11 is 0. The van der Waals surface area contributed by atoms with Crippen molar-refractivity contribution in [3.8, 4) is 23.0 Å². The first-order valence-electron chi connectivity index (χ1n) is 25.2. The van der Waals surface area contributed by atoms with Gasteiger partial charge in [0.25, 0.3) is 0 Å². The van der Waals surface area contributed by atoms with Gasteiger partial charge in [-0.05, 0) is 62.1 Å². The van der Waals surface area contributed by atoms with E-state index in [1.807, 2.05) is 72.9 Å². The Kier molecular flexibility index (Phi) is 35.1. The van der Waals surface area contributed by atoms with Crippen molar-refractivity contribution in [2.75, 3.05) is 0 Å². The number of phenolic OH excluding ortho intramolecular Hbond substituents is 2. The summed E-state index contributed by atoms with van der Waals surface area (Å²) in [7, 11) is 0. The molecule has 8 nitrogen and oxygen atoms in total. The summed E-state index contributed by atoms with van der Waals surface area (Å²) in [4.78, 5) is 50.6. The summed E-state index contributed by atoms with van der Waals surface area (Å²) in [6, 6.07) is 8.82. The van der Waals surface area contributed by atoms with Gasteiger partial charge < -0.3 is 19.7 Å². The van der Waals surface area contributed by atoms with E-state index in [1.165, 1.54) is 151 Å². The van der Waals surface area contributed by atoms with Gasteiger partial charge in [-0.15, -0.1) is 0 Å². The highest BCUT2D eigenvalue weighted by Crippen LogP contribution is 2.32. The van der Waals surface area contributed by atoms with Crippen LogP contribution in [0.5, 0.6) is 23.0 Å². The zero-order valence-corrected chi connectivity index (χ0v) is 42.0. The van der Waals surface area contributed by atoms with Crippen LogP contribution in [0.25, 0.3) is 12.2 Å². The van der Waals surface area contributed by atoms with Gasteiger partial charge in [-0.25, -0.2) is 9.59 Å². The Bertz CT molecular complexity index is 2150. The molecule has 0 aliphatic carbocycles. The molecular formula is C63H76O8. The van der Waals surface area contributed by atoms with E-state index in [9.17, 15) is 29.4 Å². The zero-order valence-electron chi connectivity index (χ0n) is 42.0. The lowest BCUT2D eigenvalue weighted by atomic mass is 10.1. The second kappa shape index (κ2) is 41.6. The smallest absolute Gasteiger partial charge is 0.336 e. The van der Waals surface area contributed by atoms with Crippen molar-refractivity contribution in [1.29, 1.82) is 0 Å². The summed E-state index contributed by atoms with van der Waals surface area (Å²) in [6.45, 7) is 4.48. The first kappa shape index (κ1) is 59.8. The van der Waals surface area contributed by atoms with E-state index >= 15 is 0 Å². The van der Waals surface area contributed by atoms with Crippen LogP contribution < -0.4 is 9.47 Å². The lowest BCUT2D eigenvalue weighted by Gasteiger charge is -2.08. The van der Waals surface area contributed by atoms with Crippen LogP contribution in [-0.2, 0) is 19.2 Å². The number of unbranched alkanes of at least 4 members (excludes halogenated alkanes) is 14. The molecule has 8 heteroatoms. The second-order valence-corrected chi connectivity index (χ2v) is 16.5. The monoisotopic (exact) mass is 961 g/mol. The van der Waals surface area contributed by atoms with Gasteiger partial charge in [0, 0.05) is 23.3 Å². The number of phenols is 2. The van der Waals surface area contributed by atoms with E-state index in [0.717, 1.165) is 25.0 Å². The van der Waals surface area contributed by atoms with Crippen molar-refractivity contribution in [1.82, 2.24) is 0 Å². The average Bonchev–Trinajstić information content (AvgIpc) is 3.35. The molecule has 0 atom stereocenters. The number of ether oxygens (including phenoxy) is 2. The molecule has 376 valence electrons. The van der Waals surface area contributed by atoms with Gasteiger partial charge in [0.05, 0.1) is 6.42 Å². The Morgan fingerprint density at radius 1 is 0.394 bits per heavy atom. The molecule has 2 rings (SSSR count). The Balaban J connectivity index is 1.80. The first-order chi connectivity index (χ1) is 34.7. The van der Waals surface area contributed by atoms with E-state index in [4.69, 9.17) is 9.47 Å². The van der Waals surface area contributed by atoms with E-state index < -0.39 is 29.9 Å². The zero-order chi connectivity index (χ0) is 51.3. The molecule has 0 unspecified atom stereocenters. The summed E-state index contributed by atoms with van der Waals surface area (Å²) in [5.41, 5.74) is 0.484. The minimum atomic E-state index is -0.746. The SMILES string of the molecule is CCCCCCCCC/C=C/C=C/C=C/C=C\C=C\C=C\C(=O)Oc1c(O)cccc1/C=C\C(=O)CC(=O)/C=C/c1cccc(O)c1OC(=O)/C=C/C=C/C=C/C=C/C=C/C=C/CCCCCCCCC. The van der Waals surface area contributed by atoms with Crippen molar-refractivity contribution in [3.63, 3.8) is 0 Å². The number of rotatable bonds is 36. The van der Waals surface area contributed by atoms with Crippen LogP contribution in [0.1, 0.15) is 134 Å². The van der Waals surface area contributed by atoms with Crippen molar-refractivity contribution in [2.45, 2.75) is 123 Å². The molecule has 0 fully saturated rings. The fourth-order valence-electron chi connectivity index (χ4n) is 6.58. The number of hydrogen-bond acceptors (Lipinski definition) is 8. The number of esters is 2. The van der Waals surface area contributed by atoms with Gasteiger partial charge in [0.1, 0.15) is 0 Å². The quantitative estimate of drug-likeness (QED) is 0.0173. The Morgan fingerprint density at radius 3 is 1.06 bits per heavy atom. The molecule has 0 radical (unpaired) electrons. The first-order valence-corrected chi connectivity index (χ1v) is 25.2. The third kappa shape index (κ3) is 32.2. The lowest BCUT2D eigenvalue weighted by molar-refractivity contribution is -0.130. The molecule has 0 saturated carbocycles. The summed E-state index contributed by atoms with van der Waals surface area (Å²) < 4.78 is 10.7. The van der Waals surface area contributed by atoms with E-state index in [-0.39, 0.29) is 34.1 Å². The number of hydrogen-bond donors (Lipinski definition) is 2. The van der Waals surface area contributed by atoms with Gasteiger partial charge in [-0.1, -0.05) is 249 Å². The number of allylic oxidation sites excluding steroid dienone is 24. The van der Waals surface area contributed by atoms with Gasteiger partial charge in [-0.2, -0.15) is 0 Å². The van der Waals surface area contributed by atoms with Crippen LogP contribution in [0.3, 0.4) is 0 Å². The fourth-order valence-corrected chi connectivity index (χ4v) is 6.58. The molecule has 0 spiro atoms. The summed E-state index contributed by atoms with van der Waals surface area (Å²) in [5.74, 6) is -3.53. The lowest BCUT2D eigenvalue weighted by Crippen LogP contribution is -2.06. The average molecular weight is 961 g/mol. The van der Waals surface area contributed by atoms with Crippen molar-refractivity contribution in [2.24, 2.45) is 0 Å². The minimum Gasteiger partial charge on any atom is -0.504 e. The van der Waals surface area contributed by atoms with Gasteiger partial charge in [0.15, 0.2) is 34.6 Å². The minimum absolute atomic E-state index is 0.148. The molecule has 0 aliphatic rings. The van der Waals surface area contributed by atoms with Crippen LogP contribution in [0.4, 0.5) is 0 Å². The third-order valence-electron chi connectivity index (χ3n) is 10.4. The molecule has 2 N–H and O–H groups in total. The molecule has 0 saturated heterocycles. The molecule has 0 aliphatic heterocycles. The maximum atomic E-state index is 12.7. The van der Waals surface area contributed by atoms with E-state index in [0.29, 0.717) is 0 Å². The van der Waals surface area contributed by atoms with Crippen molar-refractivity contribution in [3.05, 3.63) is 206 Å². The summed E-state index contributed by atoms with van der Waals surface area (Å²) in [6.07, 6.45) is 68.7. The summed E-state index contributed by atoms with van der Waals surface area (Å²) in [5, 5.41) is 20.9. The molecular weight excluding hydrogens is 885 g/mol. The fraction of sp³-hybridized carbons (Fsp3) is 0.302. The predicted molar refractivity (Wildman–Crippen MR) is 295 cm³/mol. The van der Waals surface area contributed by atoms with Gasteiger partial charge in [-0.3, -0.25) is 9.59 Å². The van der Waals surface area contributed by atoms with Gasteiger partial charge >= 0.3 is 11.9 Å². The van der Waals surface area contributed by atoms with Crippen molar-refractivity contribution >= 4 is 35.7 Å². The molecule has 71 heavy (non-hydrogen) atoms. The van der Waals surface area contributed by atoms with Crippen LogP contribution in [0.15, 0.2) is 194 Å². The standard InChI is InChI=1S/C63H76O8/c1-3-5-7-9-11-13-15-17-19-21-23-25-27-29-31-33-35-37-39-47-60(68)70-62-54(43-41-45-58(62)66)49-51-56(64)53-57(65)52-50-55-44-42-46-59(67)63(55)71-61(69)48-40-38-36-34-32-30-28-26-24-22-20-18-16-14-12-10-8-6-4-2/h19-52,66-67H,3-18,53H2,1-2H3/b21-19+,22-20+,25-23+,26-24+,29-27+,30-28+,33-31-,34-32+,37-35+,38-36+,47-39+,48-40+,51-49-,52-50+. The molecule has 0 amide bonds. The Hall–Kier alpha value is -7.32. The number of ketones is 2. The Labute approximate surface area is 424 Å². The third-order valence-corrected chi connectivity index (χ3v) is 10.4. The molecule has 0 aromatic heterocycles. The maximum Gasteiger partial charge on any atom is 0.336 e. The highest BCUT2D eigenvalue weighted by molar-refractivity contribution is 6.11. The largest absolute Gasteiger partial charge is 0.504 e. The highest BCUT2D eigenvalue weighted by atomic mass is 16.5. The van der Waals surface area contributed by atoms with Gasteiger partial charge in [0.2, 0.25) is 0 Å². The number of aromatic hydroxyl groups is 2. The Morgan fingerprint density at radius 2 is 0.704 bits per heavy atom. The second-order valence-electron chi connectivity index (χ2n) is 16.5. The van der Waals surface area contributed by atoms with Crippen LogP contribution in [0.2, 0.25) is 0 Å². The van der Waals surface area contributed by atoms with E-state index in [2.05, 4.69) is 38.2 Å². The van der Waals surface area contributed by atoms with E-state index in [1.54, 1.807) is 36.4 Å². The number of carbonyl (C=O) groups excluding carboxylic acids is 4. The molecule has 2 aromatic rings. The topological polar surface area (TPSA) is 127 Å². The molecule has 2 aromatic carbocycles. The number of benzene rings is 2. The number of carbonyl (C=O) groups is 4.